The van der Waals surface area contributed by atoms with Crippen molar-refractivity contribution in [3.63, 3.8) is 0 Å². The standard InChI is InChI=1S/C20H28N5O4/c1-12-13(2)25-16-17(21-19(25)24(12)14-8-6-5-7-9-14)22(3)20(28)23(18(16)27)11-10-15(26)29-4/h14,16H,5-11H2,1-4H3/q+1. The molecule has 1 saturated heterocycles. The average molecular weight is 402 g/mol. The third-order valence-electron chi connectivity index (χ3n) is 6.46. The molecule has 3 aliphatic rings. The Balaban J connectivity index is 1.73. The lowest BCUT2D eigenvalue weighted by Crippen LogP contribution is -2.63. The first-order chi connectivity index (χ1) is 13.9. The Morgan fingerprint density at radius 2 is 1.90 bits per heavy atom. The van der Waals surface area contributed by atoms with Crippen LogP contribution in [0.5, 0.6) is 0 Å². The number of fused-ring (bicyclic) bond motifs is 3. The normalized spacial score (nSPS) is 21.9. The summed E-state index contributed by atoms with van der Waals surface area (Å²) in [4.78, 5) is 44.9. The second-order valence-electron chi connectivity index (χ2n) is 8.03. The van der Waals surface area contributed by atoms with Crippen LogP contribution in [0.4, 0.5) is 10.7 Å². The van der Waals surface area contributed by atoms with E-state index >= 15 is 0 Å². The van der Waals surface area contributed by atoms with Crippen molar-refractivity contribution < 1.29 is 23.7 Å². The lowest BCUT2D eigenvalue weighted by Gasteiger charge is -2.33. The molecule has 0 spiro atoms. The van der Waals surface area contributed by atoms with Gasteiger partial charge in [0.25, 0.3) is 5.91 Å². The number of imidazole rings is 1. The molecule has 9 nitrogen and oxygen atoms in total. The van der Waals surface area contributed by atoms with Gasteiger partial charge in [-0.1, -0.05) is 11.4 Å². The summed E-state index contributed by atoms with van der Waals surface area (Å²) in [5.74, 6) is 0.401. The highest BCUT2D eigenvalue weighted by molar-refractivity contribution is 6.19. The summed E-state index contributed by atoms with van der Waals surface area (Å²) in [6.07, 6.45) is 5.82. The SMILES string of the molecule is COC(=O)CCN1C(=O)C2C(=Nc3n(C4CCCCC4)c(C)c(C)[n+]32)N(C)C1=O. The number of amides is 3. The van der Waals surface area contributed by atoms with Gasteiger partial charge in [-0.25, -0.2) is 13.9 Å². The largest absolute Gasteiger partial charge is 0.469 e. The minimum atomic E-state index is -0.672. The summed E-state index contributed by atoms with van der Waals surface area (Å²) in [6.45, 7) is 4.07. The number of hydrogen-bond acceptors (Lipinski definition) is 5. The topological polar surface area (TPSA) is 88.1 Å². The average Bonchev–Trinajstić information content (AvgIpc) is 3.22. The third kappa shape index (κ3) is 2.94. The van der Waals surface area contributed by atoms with E-state index in [1.807, 2.05) is 11.5 Å². The fourth-order valence-electron chi connectivity index (χ4n) is 4.75. The number of amidine groups is 1. The Morgan fingerprint density at radius 3 is 2.55 bits per heavy atom. The zero-order chi connectivity index (χ0) is 20.9. The highest BCUT2D eigenvalue weighted by atomic mass is 16.5. The molecule has 1 atom stereocenters. The zero-order valence-electron chi connectivity index (χ0n) is 17.5. The van der Waals surface area contributed by atoms with Crippen LogP contribution in [0.25, 0.3) is 0 Å². The van der Waals surface area contributed by atoms with Crippen molar-refractivity contribution in [3.8, 4) is 0 Å². The molecule has 0 N–H and O–H groups in total. The van der Waals surface area contributed by atoms with Gasteiger partial charge < -0.3 is 4.74 Å². The predicted molar refractivity (Wildman–Crippen MR) is 104 cm³/mol. The van der Waals surface area contributed by atoms with Gasteiger partial charge in [-0.2, -0.15) is 0 Å². The number of methoxy groups -OCH3 is 1. The number of esters is 1. The molecule has 1 unspecified atom stereocenters. The van der Waals surface area contributed by atoms with Crippen molar-refractivity contribution in [3.05, 3.63) is 11.4 Å². The summed E-state index contributed by atoms with van der Waals surface area (Å²) in [5, 5.41) is 0. The van der Waals surface area contributed by atoms with Gasteiger partial charge in [0, 0.05) is 13.6 Å². The van der Waals surface area contributed by atoms with Crippen LogP contribution in [-0.2, 0) is 14.3 Å². The number of ether oxygens (including phenoxy) is 1. The van der Waals surface area contributed by atoms with Gasteiger partial charge in [-0.15, -0.1) is 0 Å². The molecular weight excluding hydrogens is 374 g/mol. The molecule has 2 aliphatic heterocycles. The molecule has 9 heteroatoms. The van der Waals surface area contributed by atoms with Crippen LogP contribution in [-0.4, -0.2) is 58.8 Å². The molecule has 1 aromatic rings. The number of aromatic nitrogens is 2. The van der Waals surface area contributed by atoms with Gasteiger partial charge >= 0.3 is 17.9 Å². The quantitative estimate of drug-likeness (QED) is 0.569. The number of rotatable bonds is 4. The number of hydrogen-bond donors (Lipinski definition) is 0. The smallest absolute Gasteiger partial charge is 0.402 e. The number of imide groups is 1. The van der Waals surface area contributed by atoms with Crippen LogP contribution in [0.15, 0.2) is 4.99 Å². The van der Waals surface area contributed by atoms with Crippen molar-refractivity contribution in [2.75, 3.05) is 20.7 Å². The number of urea groups is 1. The fourth-order valence-corrected chi connectivity index (χ4v) is 4.75. The first kappa shape index (κ1) is 19.6. The molecule has 4 rings (SSSR count). The molecular formula is C20H28N5O4+. The molecule has 0 bridgehead atoms. The van der Waals surface area contributed by atoms with Crippen LogP contribution >= 0.6 is 0 Å². The van der Waals surface area contributed by atoms with E-state index in [1.165, 1.54) is 31.3 Å². The summed E-state index contributed by atoms with van der Waals surface area (Å²) < 4.78 is 8.86. The number of carbonyl (C=O) groups is 3. The van der Waals surface area contributed by atoms with Crippen LogP contribution in [0.1, 0.15) is 62.0 Å². The zero-order valence-corrected chi connectivity index (χ0v) is 17.5. The molecule has 0 aromatic carbocycles. The van der Waals surface area contributed by atoms with E-state index in [0.29, 0.717) is 11.9 Å². The van der Waals surface area contributed by atoms with Crippen molar-refractivity contribution in [1.29, 1.82) is 0 Å². The van der Waals surface area contributed by atoms with Crippen molar-refractivity contribution in [2.24, 2.45) is 4.99 Å². The third-order valence-corrected chi connectivity index (χ3v) is 6.46. The number of aliphatic imine (C=N–C) groups is 1. The molecule has 3 heterocycles. The van der Waals surface area contributed by atoms with Crippen molar-refractivity contribution in [2.45, 2.75) is 64.5 Å². The Bertz CT molecular complexity index is 912. The van der Waals surface area contributed by atoms with E-state index in [2.05, 4.69) is 16.2 Å². The van der Waals surface area contributed by atoms with Gasteiger partial charge in [-0.05, 0) is 39.5 Å². The summed E-state index contributed by atoms with van der Waals surface area (Å²) >= 11 is 0. The maximum Gasteiger partial charge on any atom is 0.402 e. The molecule has 29 heavy (non-hydrogen) atoms. The molecule has 2 fully saturated rings. The molecule has 0 radical (unpaired) electrons. The monoisotopic (exact) mass is 402 g/mol. The molecule has 156 valence electrons. The maximum absolute atomic E-state index is 13.3. The van der Waals surface area contributed by atoms with Crippen LogP contribution < -0.4 is 4.57 Å². The van der Waals surface area contributed by atoms with Crippen LogP contribution in [0, 0.1) is 13.8 Å². The van der Waals surface area contributed by atoms with E-state index < -0.39 is 18.0 Å². The maximum atomic E-state index is 13.3. The molecule has 1 aliphatic carbocycles. The predicted octanol–water partition coefficient (Wildman–Crippen LogP) is 1.94. The summed E-state index contributed by atoms with van der Waals surface area (Å²) in [7, 11) is 2.92. The van der Waals surface area contributed by atoms with Crippen LogP contribution in [0.2, 0.25) is 0 Å². The fraction of sp³-hybridized carbons (Fsp3) is 0.650. The Kier molecular flexibility index (Phi) is 4.92. The second kappa shape index (κ2) is 7.27. The van der Waals surface area contributed by atoms with E-state index in [4.69, 9.17) is 4.99 Å². The van der Waals surface area contributed by atoms with Gasteiger partial charge in [-0.3, -0.25) is 19.4 Å². The number of nitrogens with zero attached hydrogens (tertiary/aromatic N) is 5. The van der Waals surface area contributed by atoms with E-state index in [-0.39, 0.29) is 18.9 Å². The number of likely N-dealkylation sites (N-methyl/N-ethyl adjacent to an activating group) is 1. The number of carbonyl (C=O) groups excluding carboxylic acids is 3. The minimum absolute atomic E-state index is 0.00425. The second-order valence-corrected chi connectivity index (χ2v) is 8.03. The van der Waals surface area contributed by atoms with Gasteiger partial charge in [0.1, 0.15) is 11.4 Å². The lowest BCUT2D eigenvalue weighted by atomic mass is 9.95. The first-order valence-corrected chi connectivity index (χ1v) is 10.2. The highest BCUT2D eigenvalue weighted by Gasteiger charge is 2.54. The van der Waals surface area contributed by atoms with E-state index in [1.54, 1.807) is 7.05 Å². The Hall–Kier alpha value is -2.71. The molecule has 3 amide bonds. The summed E-state index contributed by atoms with van der Waals surface area (Å²) in [6, 6.07) is -0.762. The van der Waals surface area contributed by atoms with Crippen molar-refractivity contribution >= 4 is 29.7 Å². The summed E-state index contributed by atoms with van der Waals surface area (Å²) in [5.41, 5.74) is 2.10. The molecule has 1 saturated carbocycles. The van der Waals surface area contributed by atoms with Gasteiger partial charge in [0.05, 0.1) is 19.6 Å². The Labute approximate surface area is 169 Å². The lowest BCUT2D eigenvalue weighted by molar-refractivity contribution is -0.683. The van der Waals surface area contributed by atoms with Crippen LogP contribution in [0.3, 0.4) is 0 Å². The Morgan fingerprint density at radius 1 is 1.21 bits per heavy atom. The minimum Gasteiger partial charge on any atom is -0.469 e. The van der Waals surface area contributed by atoms with Gasteiger partial charge in [0.2, 0.25) is 11.9 Å². The van der Waals surface area contributed by atoms with E-state index in [9.17, 15) is 14.4 Å². The molecule has 1 aromatic heterocycles. The van der Waals surface area contributed by atoms with Gasteiger partial charge in [0.15, 0.2) is 0 Å². The van der Waals surface area contributed by atoms with E-state index in [0.717, 1.165) is 35.1 Å². The van der Waals surface area contributed by atoms with Crippen molar-refractivity contribution in [1.82, 2.24) is 14.4 Å². The highest BCUT2D eigenvalue weighted by Crippen LogP contribution is 2.37. The first-order valence-electron chi connectivity index (χ1n) is 10.2.